The summed E-state index contributed by atoms with van der Waals surface area (Å²) in [5.41, 5.74) is 8.11. The highest BCUT2D eigenvalue weighted by atomic mass is 35.5. The summed E-state index contributed by atoms with van der Waals surface area (Å²) in [6.07, 6.45) is 4.17. The summed E-state index contributed by atoms with van der Waals surface area (Å²) in [5.74, 6) is -0.130. The molecule has 0 saturated carbocycles. The average molecular weight is 467 g/mol. The highest BCUT2D eigenvalue weighted by molar-refractivity contribution is 5.86. The number of halogens is 3. The largest absolute Gasteiger partial charge is 0.354 e. The van der Waals surface area contributed by atoms with Crippen LogP contribution in [-0.2, 0) is 17.8 Å². The van der Waals surface area contributed by atoms with E-state index >= 15 is 0 Å². The second-order valence-corrected chi connectivity index (χ2v) is 7.95. The van der Waals surface area contributed by atoms with Crippen LogP contribution in [0.4, 0.5) is 0 Å². The number of aromatic nitrogens is 2. The fourth-order valence-electron chi connectivity index (χ4n) is 3.08. The Morgan fingerprint density at radius 3 is 2.41 bits per heavy atom. The smallest absolute Gasteiger partial charge is 0.237 e. The minimum absolute atomic E-state index is 0. The van der Waals surface area contributed by atoms with E-state index in [9.17, 15) is 4.79 Å². The second-order valence-electron chi connectivity index (χ2n) is 7.95. The van der Waals surface area contributed by atoms with Crippen molar-refractivity contribution >= 4 is 43.1 Å². The van der Waals surface area contributed by atoms with E-state index in [4.69, 9.17) is 5.73 Å². The molecule has 29 heavy (non-hydrogen) atoms. The lowest BCUT2D eigenvalue weighted by Gasteiger charge is -2.28. The molecule has 2 aromatic rings. The molecule has 0 spiro atoms. The van der Waals surface area contributed by atoms with Gasteiger partial charge in [0.2, 0.25) is 5.91 Å². The van der Waals surface area contributed by atoms with Crippen LogP contribution in [0.2, 0.25) is 0 Å². The number of nitrogens with zero attached hydrogens (tertiary/aromatic N) is 3. The summed E-state index contributed by atoms with van der Waals surface area (Å²) >= 11 is 0. The van der Waals surface area contributed by atoms with Crippen LogP contribution in [0.25, 0.3) is 0 Å². The van der Waals surface area contributed by atoms with Crippen molar-refractivity contribution in [3.8, 4) is 0 Å². The van der Waals surface area contributed by atoms with Crippen molar-refractivity contribution in [2.24, 2.45) is 11.1 Å². The van der Waals surface area contributed by atoms with Crippen molar-refractivity contribution < 1.29 is 4.79 Å². The van der Waals surface area contributed by atoms with Gasteiger partial charge in [0.1, 0.15) is 0 Å². The van der Waals surface area contributed by atoms with Gasteiger partial charge in [0, 0.05) is 32.3 Å². The Kier molecular flexibility index (Phi) is 14.3. The maximum atomic E-state index is 12.3. The number of carbonyl (C=O) groups excluding carboxylic acids is 1. The molecule has 2 rings (SSSR count). The van der Waals surface area contributed by atoms with Crippen molar-refractivity contribution in [2.45, 2.75) is 32.9 Å². The Balaban J connectivity index is 0. The lowest BCUT2D eigenvalue weighted by atomic mass is 9.93. The number of hydrogen-bond acceptors (Lipinski definition) is 4. The predicted octanol–water partition coefficient (Wildman–Crippen LogP) is 2.77. The first-order valence-electron chi connectivity index (χ1n) is 8.98. The van der Waals surface area contributed by atoms with Crippen molar-refractivity contribution in [1.82, 2.24) is 19.8 Å². The van der Waals surface area contributed by atoms with Gasteiger partial charge in [-0.05, 0) is 25.1 Å². The Morgan fingerprint density at radius 2 is 1.83 bits per heavy atom. The molecule has 0 fully saturated rings. The molecule has 0 aliphatic carbocycles. The van der Waals surface area contributed by atoms with Crippen molar-refractivity contribution in [3.05, 3.63) is 54.1 Å². The molecule has 0 aliphatic heterocycles. The zero-order valence-corrected chi connectivity index (χ0v) is 19.9. The van der Waals surface area contributed by atoms with Crippen LogP contribution < -0.4 is 11.1 Å². The number of carbonyl (C=O) groups is 1. The number of hydrogen-bond donors (Lipinski definition) is 2. The molecule has 0 bridgehead atoms. The Morgan fingerprint density at radius 1 is 1.21 bits per heavy atom. The maximum Gasteiger partial charge on any atom is 0.237 e. The van der Waals surface area contributed by atoms with Gasteiger partial charge in [-0.15, -0.1) is 37.2 Å². The average Bonchev–Trinajstić information content (AvgIpc) is 2.99. The maximum absolute atomic E-state index is 12.3. The van der Waals surface area contributed by atoms with E-state index in [1.54, 1.807) is 6.33 Å². The zero-order chi connectivity index (χ0) is 19.2. The topological polar surface area (TPSA) is 76.2 Å². The fraction of sp³-hybridized carbons (Fsp3) is 0.500. The van der Waals surface area contributed by atoms with Gasteiger partial charge < -0.3 is 20.5 Å². The van der Waals surface area contributed by atoms with Crippen molar-refractivity contribution in [1.29, 1.82) is 0 Å². The van der Waals surface area contributed by atoms with E-state index < -0.39 is 6.04 Å². The van der Waals surface area contributed by atoms with Crippen molar-refractivity contribution in [3.63, 3.8) is 0 Å². The third-order valence-corrected chi connectivity index (χ3v) is 4.15. The molecule has 1 atom stereocenters. The van der Waals surface area contributed by atoms with Gasteiger partial charge in [-0.2, -0.15) is 0 Å². The molecule has 166 valence electrons. The van der Waals surface area contributed by atoms with E-state index in [1.807, 2.05) is 43.1 Å². The van der Waals surface area contributed by atoms with E-state index in [1.165, 1.54) is 5.56 Å². The first-order chi connectivity index (χ1) is 12.2. The van der Waals surface area contributed by atoms with E-state index in [2.05, 4.69) is 41.2 Å². The SMILES string of the molecule is CN(C)CC(C)(C)CNC(=O)[C@@H](N)Cc1cn(Cc2ccccc2)cn1.Cl.Cl.Cl. The Labute approximate surface area is 192 Å². The minimum atomic E-state index is -0.592. The fourth-order valence-corrected chi connectivity index (χ4v) is 3.08. The predicted molar refractivity (Wildman–Crippen MR) is 127 cm³/mol. The third-order valence-electron chi connectivity index (χ3n) is 4.15. The van der Waals surface area contributed by atoms with Gasteiger partial charge in [0.15, 0.2) is 0 Å². The highest BCUT2D eigenvalue weighted by Crippen LogP contribution is 2.14. The summed E-state index contributed by atoms with van der Waals surface area (Å²) in [6, 6.07) is 9.60. The first kappa shape index (κ1) is 29.9. The number of nitrogens with one attached hydrogen (secondary N) is 1. The number of amides is 1. The van der Waals surface area contributed by atoms with E-state index in [-0.39, 0.29) is 48.5 Å². The van der Waals surface area contributed by atoms with E-state index in [0.717, 1.165) is 18.8 Å². The monoisotopic (exact) mass is 465 g/mol. The lowest BCUT2D eigenvalue weighted by molar-refractivity contribution is -0.122. The Bertz CT molecular complexity index is 707. The lowest BCUT2D eigenvalue weighted by Crippen LogP contribution is -2.47. The van der Waals surface area contributed by atoms with Crippen LogP contribution >= 0.6 is 37.2 Å². The van der Waals surface area contributed by atoms with Gasteiger partial charge in [-0.1, -0.05) is 44.2 Å². The molecule has 1 aromatic carbocycles. The molecule has 9 heteroatoms. The first-order valence-corrected chi connectivity index (χ1v) is 8.98. The highest BCUT2D eigenvalue weighted by Gasteiger charge is 2.22. The quantitative estimate of drug-likeness (QED) is 0.596. The van der Waals surface area contributed by atoms with Crippen LogP contribution in [0, 0.1) is 5.41 Å². The van der Waals surface area contributed by atoms with Crippen LogP contribution in [-0.4, -0.2) is 53.6 Å². The minimum Gasteiger partial charge on any atom is -0.354 e. The standard InChI is InChI=1S/C20H31N5O.3ClH/c1-20(2,14-24(3)4)13-22-19(26)18(21)10-17-12-25(15-23-17)11-16-8-6-5-7-9-16;;;/h5-9,12,15,18H,10-11,13-14,21H2,1-4H3,(H,22,26);3*1H/t18-;;;/m0.../s1. The van der Waals surface area contributed by atoms with Gasteiger partial charge >= 0.3 is 0 Å². The zero-order valence-electron chi connectivity index (χ0n) is 17.5. The molecule has 0 radical (unpaired) electrons. The summed E-state index contributed by atoms with van der Waals surface area (Å²) < 4.78 is 2.01. The third kappa shape index (κ3) is 10.9. The van der Waals surface area contributed by atoms with Gasteiger partial charge in [0.25, 0.3) is 0 Å². The summed E-state index contributed by atoms with van der Waals surface area (Å²) in [6.45, 7) is 6.51. The molecular weight excluding hydrogens is 433 g/mol. The molecule has 1 aromatic heterocycles. The van der Waals surface area contributed by atoms with Crippen LogP contribution in [0.1, 0.15) is 25.1 Å². The van der Waals surface area contributed by atoms with Crippen LogP contribution in [0.3, 0.4) is 0 Å². The van der Waals surface area contributed by atoms with E-state index in [0.29, 0.717) is 13.0 Å². The number of benzene rings is 1. The number of rotatable bonds is 9. The molecule has 1 amide bonds. The summed E-state index contributed by atoms with van der Waals surface area (Å²) in [5, 5.41) is 2.97. The molecule has 0 unspecified atom stereocenters. The number of nitrogens with two attached hydrogens (primary N) is 1. The molecule has 6 nitrogen and oxygen atoms in total. The van der Waals surface area contributed by atoms with Gasteiger partial charge in [-0.25, -0.2) is 4.98 Å². The molecule has 0 saturated heterocycles. The molecule has 3 N–H and O–H groups in total. The van der Waals surface area contributed by atoms with Crippen molar-refractivity contribution in [2.75, 3.05) is 27.2 Å². The van der Waals surface area contributed by atoms with Crippen LogP contribution in [0.5, 0.6) is 0 Å². The molecule has 1 heterocycles. The summed E-state index contributed by atoms with van der Waals surface area (Å²) in [4.78, 5) is 18.8. The normalized spacial score (nSPS) is 11.7. The van der Waals surface area contributed by atoms with Gasteiger partial charge in [0.05, 0.1) is 18.1 Å². The molecule has 0 aliphatic rings. The second kappa shape index (κ2) is 13.8. The Hall–Kier alpha value is -1.31. The van der Waals surface area contributed by atoms with Crippen LogP contribution in [0.15, 0.2) is 42.9 Å². The summed E-state index contributed by atoms with van der Waals surface area (Å²) in [7, 11) is 4.06. The van der Waals surface area contributed by atoms with Gasteiger partial charge in [-0.3, -0.25) is 4.79 Å². The molecular formula is C20H34Cl3N5O. The number of imidazole rings is 1.